The standard InChI is InChI=1S/C17H25N3O/c18-7-4-8-19-9-11-20(12-10-19)17(21)16-13-15(16)14-5-2-1-3-6-14/h1-3,5-6,15-16H,4,7-13,18H2. The molecule has 1 aliphatic heterocycles. The van der Waals surface area contributed by atoms with E-state index >= 15 is 0 Å². The van der Waals surface area contributed by atoms with Crippen LogP contribution in [-0.4, -0.2) is 55.0 Å². The van der Waals surface area contributed by atoms with Crippen LogP contribution in [0.25, 0.3) is 0 Å². The number of rotatable bonds is 5. The number of hydrogen-bond acceptors (Lipinski definition) is 3. The van der Waals surface area contributed by atoms with Crippen LogP contribution in [0.2, 0.25) is 0 Å². The summed E-state index contributed by atoms with van der Waals surface area (Å²) < 4.78 is 0. The second-order valence-electron chi connectivity index (χ2n) is 6.17. The first-order valence-electron chi connectivity index (χ1n) is 8.05. The third-order valence-corrected chi connectivity index (χ3v) is 4.70. The zero-order valence-electron chi connectivity index (χ0n) is 12.6. The molecule has 1 aliphatic carbocycles. The van der Waals surface area contributed by atoms with Crippen molar-refractivity contribution in [2.75, 3.05) is 39.3 Å². The highest BCUT2D eigenvalue weighted by molar-refractivity contribution is 5.83. The molecule has 0 radical (unpaired) electrons. The Morgan fingerprint density at radius 2 is 1.86 bits per heavy atom. The van der Waals surface area contributed by atoms with Gasteiger partial charge in [0.25, 0.3) is 0 Å². The Labute approximate surface area is 126 Å². The second-order valence-corrected chi connectivity index (χ2v) is 6.17. The summed E-state index contributed by atoms with van der Waals surface area (Å²) in [5.41, 5.74) is 6.87. The molecule has 2 aliphatic rings. The Kier molecular flexibility index (Phi) is 4.56. The molecule has 2 N–H and O–H groups in total. The minimum atomic E-state index is 0.225. The number of nitrogens with two attached hydrogens (primary N) is 1. The van der Waals surface area contributed by atoms with Crippen molar-refractivity contribution < 1.29 is 4.79 Å². The molecular formula is C17H25N3O. The highest BCUT2D eigenvalue weighted by Gasteiger charge is 2.45. The summed E-state index contributed by atoms with van der Waals surface area (Å²) >= 11 is 0. The molecular weight excluding hydrogens is 262 g/mol. The summed E-state index contributed by atoms with van der Waals surface area (Å²) in [5, 5.41) is 0. The summed E-state index contributed by atoms with van der Waals surface area (Å²) in [7, 11) is 0. The maximum absolute atomic E-state index is 12.6. The first kappa shape index (κ1) is 14.5. The number of carbonyl (C=O) groups excluding carboxylic acids is 1. The van der Waals surface area contributed by atoms with Gasteiger partial charge in [0.05, 0.1) is 0 Å². The molecule has 21 heavy (non-hydrogen) atoms. The average molecular weight is 287 g/mol. The van der Waals surface area contributed by atoms with Crippen molar-refractivity contribution in [1.29, 1.82) is 0 Å². The lowest BCUT2D eigenvalue weighted by Gasteiger charge is -2.34. The van der Waals surface area contributed by atoms with Gasteiger partial charge in [0, 0.05) is 32.1 Å². The van der Waals surface area contributed by atoms with E-state index in [1.807, 2.05) is 6.07 Å². The van der Waals surface area contributed by atoms with Gasteiger partial charge in [-0.05, 0) is 37.4 Å². The smallest absolute Gasteiger partial charge is 0.226 e. The van der Waals surface area contributed by atoms with E-state index in [1.54, 1.807) is 0 Å². The monoisotopic (exact) mass is 287 g/mol. The van der Waals surface area contributed by atoms with Gasteiger partial charge in [-0.2, -0.15) is 0 Å². The molecule has 4 nitrogen and oxygen atoms in total. The van der Waals surface area contributed by atoms with Crippen LogP contribution in [0.3, 0.4) is 0 Å². The Morgan fingerprint density at radius 1 is 1.14 bits per heavy atom. The number of carbonyl (C=O) groups is 1. The van der Waals surface area contributed by atoms with Crippen molar-refractivity contribution in [3.05, 3.63) is 35.9 Å². The summed E-state index contributed by atoms with van der Waals surface area (Å²) in [6.07, 6.45) is 2.07. The Hall–Kier alpha value is -1.39. The van der Waals surface area contributed by atoms with Gasteiger partial charge in [-0.1, -0.05) is 30.3 Å². The molecule has 1 heterocycles. The van der Waals surface area contributed by atoms with E-state index in [9.17, 15) is 4.79 Å². The van der Waals surface area contributed by atoms with Crippen LogP contribution in [0, 0.1) is 5.92 Å². The minimum Gasteiger partial charge on any atom is -0.340 e. The van der Waals surface area contributed by atoms with Crippen LogP contribution in [0.15, 0.2) is 30.3 Å². The minimum absolute atomic E-state index is 0.225. The van der Waals surface area contributed by atoms with E-state index in [4.69, 9.17) is 5.73 Å². The predicted octanol–water partition coefficient (Wildman–Crippen LogP) is 1.28. The lowest BCUT2D eigenvalue weighted by atomic mass is 10.1. The van der Waals surface area contributed by atoms with Gasteiger partial charge in [0.2, 0.25) is 5.91 Å². The van der Waals surface area contributed by atoms with Crippen molar-refractivity contribution in [3.8, 4) is 0 Å². The lowest BCUT2D eigenvalue weighted by molar-refractivity contribution is -0.134. The quantitative estimate of drug-likeness (QED) is 0.887. The van der Waals surface area contributed by atoms with Gasteiger partial charge in [-0.3, -0.25) is 9.69 Å². The molecule has 2 fully saturated rings. The molecule has 1 saturated carbocycles. The van der Waals surface area contributed by atoms with Crippen molar-refractivity contribution in [2.45, 2.75) is 18.8 Å². The van der Waals surface area contributed by atoms with Crippen LogP contribution in [0.4, 0.5) is 0 Å². The molecule has 1 saturated heterocycles. The topological polar surface area (TPSA) is 49.6 Å². The van der Waals surface area contributed by atoms with Gasteiger partial charge in [-0.15, -0.1) is 0 Å². The van der Waals surface area contributed by atoms with Gasteiger partial charge in [-0.25, -0.2) is 0 Å². The fourth-order valence-electron chi connectivity index (χ4n) is 3.28. The van der Waals surface area contributed by atoms with E-state index in [-0.39, 0.29) is 5.92 Å². The van der Waals surface area contributed by atoms with Crippen molar-refractivity contribution in [1.82, 2.24) is 9.80 Å². The van der Waals surface area contributed by atoms with Crippen molar-refractivity contribution >= 4 is 5.91 Å². The van der Waals surface area contributed by atoms with Gasteiger partial charge in [0.1, 0.15) is 0 Å². The zero-order valence-corrected chi connectivity index (χ0v) is 12.6. The Morgan fingerprint density at radius 3 is 2.52 bits per heavy atom. The third-order valence-electron chi connectivity index (χ3n) is 4.70. The number of amides is 1. The van der Waals surface area contributed by atoms with Gasteiger partial charge in [0.15, 0.2) is 0 Å². The molecule has 3 rings (SSSR count). The molecule has 114 valence electrons. The zero-order chi connectivity index (χ0) is 14.7. The summed E-state index contributed by atoms with van der Waals surface area (Å²) in [5.74, 6) is 1.04. The molecule has 2 unspecified atom stereocenters. The van der Waals surface area contributed by atoms with Gasteiger partial charge < -0.3 is 10.6 Å². The largest absolute Gasteiger partial charge is 0.340 e. The summed E-state index contributed by atoms with van der Waals surface area (Å²) in [6, 6.07) is 10.4. The fraction of sp³-hybridized carbons (Fsp3) is 0.588. The Balaban J connectivity index is 1.48. The highest BCUT2D eigenvalue weighted by atomic mass is 16.2. The van der Waals surface area contributed by atoms with E-state index in [0.717, 1.165) is 52.1 Å². The van der Waals surface area contributed by atoms with E-state index in [1.165, 1.54) is 5.56 Å². The molecule has 2 atom stereocenters. The van der Waals surface area contributed by atoms with Crippen molar-refractivity contribution in [3.63, 3.8) is 0 Å². The highest BCUT2D eigenvalue weighted by Crippen LogP contribution is 2.48. The van der Waals surface area contributed by atoms with E-state index in [2.05, 4.69) is 34.1 Å². The number of hydrogen-bond donors (Lipinski definition) is 1. The van der Waals surface area contributed by atoms with Crippen molar-refractivity contribution in [2.24, 2.45) is 11.7 Å². The number of piperazine rings is 1. The number of benzene rings is 1. The molecule has 1 amide bonds. The number of nitrogens with zero attached hydrogens (tertiary/aromatic N) is 2. The van der Waals surface area contributed by atoms with Gasteiger partial charge >= 0.3 is 0 Å². The molecule has 1 aromatic rings. The third kappa shape index (κ3) is 3.44. The second kappa shape index (κ2) is 6.58. The predicted molar refractivity (Wildman–Crippen MR) is 84.0 cm³/mol. The maximum atomic E-state index is 12.6. The molecule has 0 bridgehead atoms. The van der Waals surface area contributed by atoms with E-state index in [0.29, 0.717) is 11.8 Å². The normalized spacial score (nSPS) is 25.9. The maximum Gasteiger partial charge on any atom is 0.226 e. The lowest BCUT2D eigenvalue weighted by Crippen LogP contribution is -2.49. The van der Waals surface area contributed by atoms with Crippen LogP contribution in [-0.2, 0) is 4.79 Å². The molecule has 1 aromatic carbocycles. The Bertz CT molecular complexity index is 468. The van der Waals surface area contributed by atoms with Crippen LogP contribution in [0.1, 0.15) is 24.3 Å². The summed E-state index contributed by atoms with van der Waals surface area (Å²) in [6.45, 7) is 5.56. The first-order chi connectivity index (χ1) is 10.3. The fourth-order valence-corrected chi connectivity index (χ4v) is 3.28. The molecule has 4 heteroatoms. The average Bonchev–Trinajstić information content (AvgIpc) is 3.34. The first-order valence-corrected chi connectivity index (χ1v) is 8.05. The summed E-state index contributed by atoms with van der Waals surface area (Å²) in [4.78, 5) is 17.0. The molecule has 0 aromatic heterocycles. The van der Waals surface area contributed by atoms with E-state index < -0.39 is 0 Å². The van der Waals surface area contributed by atoms with Crippen LogP contribution < -0.4 is 5.73 Å². The molecule has 0 spiro atoms. The van der Waals surface area contributed by atoms with Crippen LogP contribution >= 0.6 is 0 Å². The SMILES string of the molecule is NCCCN1CCN(C(=O)C2CC2c2ccccc2)CC1. The van der Waals surface area contributed by atoms with Crippen LogP contribution in [0.5, 0.6) is 0 Å².